The second-order valence-electron chi connectivity index (χ2n) is 2.62. The van der Waals surface area contributed by atoms with E-state index in [1.807, 2.05) is 0 Å². The van der Waals surface area contributed by atoms with Gasteiger partial charge in [0.05, 0.1) is 0 Å². The van der Waals surface area contributed by atoms with E-state index in [2.05, 4.69) is 0 Å². The number of para-hydroxylation sites is 1. The molecule has 0 aliphatic heterocycles. The fourth-order valence-electron chi connectivity index (χ4n) is 0.892. The molecule has 0 bridgehead atoms. The fourth-order valence-corrected chi connectivity index (χ4v) is 0.892. The zero-order chi connectivity index (χ0) is 10.6. The van der Waals surface area contributed by atoms with Crippen molar-refractivity contribution in [3.05, 3.63) is 30.3 Å². The van der Waals surface area contributed by atoms with E-state index in [-0.39, 0.29) is 0 Å². The minimum atomic E-state index is -1.42. The van der Waals surface area contributed by atoms with Gasteiger partial charge in [-0.15, -0.1) is 0 Å². The third-order valence-electron chi connectivity index (χ3n) is 1.51. The van der Waals surface area contributed by atoms with Crippen molar-refractivity contribution in [3.8, 4) is 5.75 Å². The lowest BCUT2D eigenvalue weighted by atomic mass is 10.3. The molecule has 0 atom stereocenters. The maximum Gasteiger partial charge on any atom is 0.268 e. The molecule has 0 aliphatic carbocycles. The van der Waals surface area contributed by atoms with Gasteiger partial charge in [-0.05, 0) is 12.1 Å². The highest BCUT2D eigenvalue weighted by Crippen LogP contribution is 2.10. The van der Waals surface area contributed by atoms with Crippen molar-refractivity contribution in [3.63, 3.8) is 0 Å². The van der Waals surface area contributed by atoms with Crippen LogP contribution in [-0.2, 0) is 9.59 Å². The number of ether oxygens (including phenoxy) is 1. The maximum absolute atomic E-state index is 10.7. The predicted octanol–water partition coefficient (Wildman–Crippen LogP) is -0.595. The summed E-state index contributed by atoms with van der Waals surface area (Å²) in [5.41, 5.74) is 9.84. The van der Waals surface area contributed by atoms with E-state index in [9.17, 15) is 9.59 Å². The van der Waals surface area contributed by atoms with Gasteiger partial charge in [-0.1, -0.05) is 18.2 Å². The van der Waals surface area contributed by atoms with Crippen LogP contribution in [0.5, 0.6) is 5.75 Å². The van der Waals surface area contributed by atoms with Gasteiger partial charge in [0.2, 0.25) is 0 Å². The first-order chi connectivity index (χ1) is 6.61. The molecule has 2 amide bonds. The molecule has 5 heteroatoms. The normalized spacial score (nSPS) is 9.79. The van der Waals surface area contributed by atoms with E-state index in [1.165, 1.54) is 0 Å². The minimum absolute atomic E-state index is 0.370. The monoisotopic (exact) mass is 194 g/mol. The number of benzene rings is 1. The van der Waals surface area contributed by atoms with Gasteiger partial charge in [-0.25, -0.2) is 0 Å². The number of hydrogen-bond acceptors (Lipinski definition) is 3. The quantitative estimate of drug-likeness (QED) is 0.627. The number of hydrogen-bond donors (Lipinski definition) is 2. The first-order valence-electron chi connectivity index (χ1n) is 3.91. The van der Waals surface area contributed by atoms with Crippen molar-refractivity contribution >= 4 is 11.8 Å². The summed E-state index contributed by atoms with van der Waals surface area (Å²) in [5, 5.41) is 0. The van der Waals surface area contributed by atoms with Crippen molar-refractivity contribution in [2.45, 2.75) is 6.10 Å². The van der Waals surface area contributed by atoms with Crippen LogP contribution in [0.4, 0.5) is 0 Å². The van der Waals surface area contributed by atoms with Crippen LogP contribution >= 0.6 is 0 Å². The first-order valence-corrected chi connectivity index (χ1v) is 3.91. The van der Waals surface area contributed by atoms with Gasteiger partial charge < -0.3 is 16.2 Å². The summed E-state index contributed by atoms with van der Waals surface area (Å²) in [6.07, 6.45) is -1.42. The Morgan fingerprint density at radius 1 is 1.07 bits per heavy atom. The van der Waals surface area contributed by atoms with E-state index in [1.54, 1.807) is 30.3 Å². The van der Waals surface area contributed by atoms with Crippen LogP contribution in [0.25, 0.3) is 0 Å². The van der Waals surface area contributed by atoms with Crippen molar-refractivity contribution in [2.24, 2.45) is 11.5 Å². The molecule has 14 heavy (non-hydrogen) atoms. The number of carbonyl (C=O) groups excluding carboxylic acids is 2. The summed E-state index contributed by atoms with van der Waals surface area (Å²) in [5.74, 6) is -1.43. The van der Waals surface area contributed by atoms with Crippen LogP contribution < -0.4 is 16.2 Å². The van der Waals surface area contributed by atoms with Gasteiger partial charge >= 0.3 is 0 Å². The van der Waals surface area contributed by atoms with Crippen molar-refractivity contribution in [1.82, 2.24) is 0 Å². The summed E-state index contributed by atoms with van der Waals surface area (Å²) < 4.78 is 4.99. The molecule has 0 unspecified atom stereocenters. The van der Waals surface area contributed by atoms with E-state index < -0.39 is 17.9 Å². The molecular formula is C9H10N2O3. The minimum Gasteiger partial charge on any atom is -0.471 e. The Morgan fingerprint density at radius 3 is 2.00 bits per heavy atom. The van der Waals surface area contributed by atoms with E-state index in [0.29, 0.717) is 5.75 Å². The second-order valence-corrected chi connectivity index (χ2v) is 2.62. The Morgan fingerprint density at radius 2 is 1.57 bits per heavy atom. The molecule has 0 saturated carbocycles. The molecule has 1 rings (SSSR count). The maximum atomic E-state index is 10.7. The summed E-state index contributed by atoms with van der Waals surface area (Å²) in [7, 11) is 0. The average Bonchev–Trinajstić information content (AvgIpc) is 2.15. The van der Waals surface area contributed by atoms with Crippen LogP contribution in [0.15, 0.2) is 30.3 Å². The molecule has 1 aromatic rings. The Labute approximate surface area is 80.6 Å². The van der Waals surface area contributed by atoms with Crippen LogP contribution in [0.2, 0.25) is 0 Å². The zero-order valence-electron chi connectivity index (χ0n) is 7.34. The lowest BCUT2D eigenvalue weighted by molar-refractivity contribution is -0.135. The molecule has 74 valence electrons. The van der Waals surface area contributed by atoms with Gasteiger partial charge in [0.25, 0.3) is 17.9 Å². The fraction of sp³-hybridized carbons (Fsp3) is 0.111. The van der Waals surface area contributed by atoms with Gasteiger partial charge in [0, 0.05) is 0 Å². The van der Waals surface area contributed by atoms with Crippen LogP contribution in [0, 0.1) is 0 Å². The van der Waals surface area contributed by atoms with Crippen molar-refractivity contribution < 1.29 is 14.3 Å². The Hall–Kier alpha value is -2.04. The molecule has 0 saturated heterocycles. The molecule has 0 aromatic heterocycles. The Kier molecular flexibility index (Phi) is 3.06. The van der Waals surface area contributed by atoms with Gasteiger partial charge in [-0.3, -0.25) is 9.59 Å². The highest BCUT2D eigenvalue weighted by molar-refractivity contribution is 6.02. The lowest BCUT2D eigenvalue weighted by Crippen LogP contribution is -2.44. The lowest BCUT2D eigenvalue weighted by Gasteiger charge is -2.11. The molecule has 5 nitrogen and oxygen atoms in total. The SMILES string of the molecule is NC(=O)C(Oc1ccccc1)C(N)=O. The highest BCUT2D eigenvalue weighted by Gasteiger charge is 2.23. The largest absolute Gasteiger partial charge is 0.471 e. The summed E-state index contributed by atoms with van der Waals surface area (Å²) in [6, 6.07) is 8.37. The van der Waals surface area contributed by atoms with Gasteiger partial charge in [0.15, 0.2) is 0 Å². The first kappa shape index (κ1) is 10.0. The van der Waals surface area contributed by atoms with E-state index in [0.717, 1.165) is 0 Å². The standard InChI is InChI=1S/C9H10N2O3/c10-8(12)7(9(11)13)14-6-4-2-1-3-5-6/h1-5,7H,(H2,10,12)(H2,11,13). The number of rotatable bonds is 4. The van der Waals surface area contributed by atoms with Crippen molar-refractivity contribution in [2.75, 3.05) is 0 Å². The molecule has 0 heterocycles. The average molecular weight is 194 g/mol. The van der Waals surface area contributed by atoms with Crippen LogP contribution in [0.3, 0.4) is 0 Å². The smallest absolute Gasteiger partial charge is 0.268 e. The van der Waals surface area contributed by atoms with Crippen LogP contribution in [0.1, 0.15) is 0 Å². The molecule has 0 aliphatic rings. The van der Waals surface area contributed by atoms with E-state index in [4.69, 9.17) is 16.2 Å². The number of amides is 2. The number of carbonyl (C=O) groups is 2. The summed E-state index contributed by atoms with van der Waals surface area (Å²) in [4.78, 5) is 21.5. The van der Waals surface area contributed by atoms with Gasteiger partial charge in [0.1, 0.15) is 5.75 Å². The van der Waals surface area contributed by atoms with Gasteiger partial charge in [-0.2, -0.15) is 0 Å². The summed E-state index contributed by atoms with van der Waals surface area (Å²) >= 11 is 0. The van der Waals surface area contributed by atoms with Crippen molar-refractivity contribution in [1.29, 1.82) is 0 Å². The highest BCUT2D eigenvalue weighted by atomic mass is 16.5. The number of primary amides is 2. The second kappa shape index (κ2) is 4.27. The molecule has 0 radical (unpaired) electrons. The number of nitrogens with two attached hydrogens (primary N) is 2. The zero-order valence-corrected chi connectivity index (χ0v) is 7.34. The summed E-state index contributed by atoms with van der Waals surface area (Å²) in [6.45, 7) is 0. The third kappa shape index (κ3) is 2.48. The van der Waals surface area contributed by atoms with Crippen LogP contribution in [-0.4, -0.2) is 17.9 Å². The molecule has 0 fully saturated rings. The molecule has 4 N–H and O–H groups in total. The molecule has 0 spiro atoms. The van der Waals surface area contributed by atoms with E-state index >= 15 is 0 Å². The molecular weight excluding hydrogens is 184 g/mol. The predicted molar refractivity (Wildman–Crippen MR) is 49.2 cm³/mol. The molecule has 1 aromatic carbocycles. The topological polar surface area (TPSA) is 95.4 Å². The third-order valence-corrected chi connectivity index (χ3v) is 1.51. The Balaban J connectivity index is 2.75. The Bertz CT molecular complexity index is 323.